The summed E-state index contributed by atoms with van der Waals surface area (Å²) in [7, 11) is -7.84. The molecule has 3 aliphatic rings. The van der Waals surface area contributed by atoms with Gasteiger partial charge in [-0.1, -0.05) is 48.5 Å². The summed E-state index contributed by atoms with van der Waals surface area (Å²) in [6.07, 6.45) is 9.66. The fourth-order valence-electron chi connectivity index (χ4n) is 8.90. The first-order valence-corrected chi connectivity index (χ1v) is 25.4. The minimum atomic E-state index is -3.92. The van der Waals surface area contributed by atoms with Gasteiger partial charge in [-0.25, -0.2) is 26.3 Å². The molecule has 352 valence electrons. The lowest BCUT2D eigenvalue weighted by Gasteiger charge is -2.28. The van der Waals surface area contributed by atoms with E-state index in [9.17, 15) is 37.1 Å². The predicted octanol–water partition coefficient (Wildman–Crippen LogP) is 7.26. The lowest BCUT2D eigenvalue weighted by atomic mass is 9.82. The van der Waals surface area contributed by atoms with Crippen LogP contribution in [0, 0.1) is 43.9 Å². The van der Waals surface area contributed by atoms with Crippen LogP contribution in [0.2, 0.25) is 0 Å². The molecule has 17 nitrogen and oxygen atoms in total. The SMILES string of the molecule is O=[N+]([O-])c1ccccc1S(=O)(=O)NCC1CCC(CNCc2ccc3c(c2)OCCO3)CC1.O=[N+]([O-])c1ccccc1S(=O)(=O)NCC1CCC(CNCc2ccnc3ccccc23)CC1. The molecule has 1 aliphatic heterocycles. The minimum Gasteiger partial charge on any atom is -0.486 e. The van der Waals surface area contributed by atoms with E-state index >= 15 is 0 Å². The number of para-hydroxylation sites is 3. The molecule has 0 bridgehead atoms. The Bertz CT molecular complexity index is 2670. The normalized spacial score (nSPS) is 19.6. The summed E-state index contributed by atoms with van der Waals surface area (Å²) in [5.74, 6) is 3.16. The summed E-state index contributed by atoms with van der Waals surface area (Å²) in [5.41, 5.74) is 2.58. The molecule has 0 amide bonds. The van der Waals surface area contributed by atoms with Gasteiger partial charge in [-0.15, -0.1) is 0 Å². The number of pyridine rings is 1. The fraction of sp³-hybridized carbons (Fsp3) is 0.426. The van der Waals surface area contributed by atoms with E-state index in [1.54, 1.807) is 0 Å². The van der Waals surface area contributed by atoms with Crippen molar-refractivity contribution in [2.45, 2.75) is 74.2 Å². The van der Waals surface area contributed by atoms with Crippen molar-refractivity contribution in [3.63, 3.8) is 0 Å². The Morgan fingerprint density at radius 2 is 1.03 bits per heavy atom. The van der Waals surface area contributed by atoms with Gasteiger partial charge in [0.25, 0.3) is 11.4 Å². The molecule has 1 aromatic heterocycles. The molecular weight excluding hydrogens is 887 g/mol. The van der Waals surface area contributed by atoms with Gasteiger partial charge in [-0.2, -0.15) is 0 Å². The molecular formula is C47H57N7O10S2. The molecule has 19 heteroatoms. The van der Waals surface area contributed by atoms with Crippen LogP contribution in [0.5, 0.6) is 11.5 Å². The van der Waals surface area contributed by atoms with Crippen molar-refractivity contribution in [2.75, 3.05) is 39.4 Å². The molecule has 2 heterocycles. The zero-order valence-electron chi connectivity index (χ0n) is 36.7. The van der Waals surface area contributed by atoms with Crippen molar-refractivity contribution in [1.29, 1.82) is 0 Å². The Kier molecular flexibility index (Phi) is 16.7. The summed E-state index contributed by atoms with van der Waals surface area (Å²) in [6, 6.07) is 27.0. The van der Waals surface area contributed by atoms with Crippen LogP contribution in [-0.2, 0) is 33.1 Å². The molecule has 0 radical (unpaired) electrons. The predicted molar refractivity (Wildman–Crippen MR) is 250 cm³/mol. The number of nitro groups is 2. The monoisotopic (exact) mass is 943 g/mol. The Labute approximate surface area is 385 Å². The quantitative estimate of drug-likeness (QED) is 0.0501. The van der Waals surface area contributed by atoms with Gasteiger partial charge in [0.15, 0.2) is 21.3 Å². The zero-order chi connectivity index (χ0) is 46.5. The van der Waals surface area contributed by atoms with Gasteiger partial charge in [-0.05, 0) is 136 Å². The van der Waals surface area contributed by atoms with Gasteiger partial charge in [0.2, 0.25) is 20.0 Å². The maximum Gasteiger partial charge on any atom is 0.289 e. The molecule has 2 aliphatic carbocycles. The number of hydrogen-bond acceptors (Lipinski definition) is 13. The Balaban J connectivity index is 0.000000196. The Morgan fingerprint density at radius 1 is 0.561 bits per heavy atom. The second kappa shape index (κ2) is 22.8. The van der Waals surface area contributed by atoms with Crippen LogP contribution in [-0.4, -0.2) is 71.1 Å². The molecule has 2 fully saturated rings. The first-order chi connectivity index (χ1) is 31.9. The third kappa shape index (κ3) is 13.1. The van der Waals surface area contributed by atoms with Crippen LogP contribution >= 0.6 is 0 Å². The average Bonchev–Trinajstić information content (AvgIpc) is 3.34. The fourth-order valence-corrected chi connectivity index (χ4v) is 11.5. The molecule has 4 N–H and O–H groups in total. The maximum absolute atomic E-state index is 12.6. The lowest BCUT2D eigenvalue weighted by Crippen LogP contribution is -2.33. The van der Waals surface area contributed by atoms with E-state index in [1.807, 2.05) is 42.6 Å². The van der Waals surface area contributed by atoms with Gasteiger partial charge in [0.05, 0.1) is 15.4 Å². The van der Waals surface area contributed by atoms with Gasteiger partial charge < -0.3 is 20.1 Å². The Hall–Kier alpha value is -5.57. The van der Waals surface area contributed by atoms with Crippen molar-refractivity contribution < 1.29 is 36.2 Å². The van der Waals surface area contributed by atoms with E-state index in [1.165, 1.54) is 59.5 Å². The standard InChI is InChI=1S/C24H28N4O4S.C23H29N3O6S/c29-28(30)23-7-3-4-8-24(23)33(31,32)27-16-19-11-9-18(10-12-19)15-25-17-20-13-14-26-22-6-2-1-5-21(20)22;27-26(28)20-3-1-2-4-23(20)33(29,30)25-16-18-7-5-17(6-8-18)14-24-15-19-9-10-21-22(13-19)32-12-11-31-21/h1-8,13-14,18-19,25,27H,9-12,15-17H2;1-4,9-10,13,17-18,24-25H,5-8,11-12,14-16H2. The number of fused-ring (bicyclic) bond motifs is 2. The number of sulfonamides is 2. The van der Waals surface area contributed by atoms with E-state index in [-0.39, 0.29) is 21.6 Å². The van der Waals surface area contributed by atoms with Crippen LogP contribution in [0.1, 0.15) is 62.5 Å². The average molecular weight is 944 g/mol. The number of benzene rings is 4. The Morgan fingerprint density at radius 3 is 1.58 bits per heavy atom. The number of nitrogens with zero attached hydrogens (tertiary/aromatic N) is 3. The second-order valence-corrected chi connectivity index (χ2v) is 20.6. The van der Waals surface area contributed by atoms with Crippen molar-refractivity contribution in [2.24, 2.45) is 23.7 Å². The summed E-state index contributed by atoms with van der Waals surface area (Å²) < 4.78 is 66.7. The number of ether oxygens (including phenoxy) is 2. The number of nitro benzene ring substituents is 2. The van der Waals surface area contributed by atoms with Crippen molar-refractivity contribution in [3.05, 3.63) is 135 Å². The second-order valence-electron chi connectivity index (χ2n) is 17.2. The highest BCUT2D eigenvalue weighted by atomic mass is 32.2. The van der Waals surface area contributed by atoms with Crippen LogP contribution in [0.15, 0.2) is 113 Å². The summed E-state index contributed by atoms with van der Waals surface area (Å²) in [4.78, 5) is 24.8. The van der Waals surface area contributed by atoms with Crippen LogP contribution in [0.3, 0.4) is 0 Å². The van der Waals surface area contributed by atoms with Gasteiger partial charge in [0, 0.05) is 49.9 Å². The molecule has 4 aromatic carbocycles. The minimum absolute atomic E-state index is 0.233. The first kappa shape index (κ1) is 48.4. The number of hydrogen-bond donors (Lipinski definition) is 4. The zero-order valence-corrected chi connectivity index (χ0v) is 38.3. The highest BCUT2D eigenvalue weighted by Gasteiger charge is 2.29. The van der Waals surface area contributed by atoms with Crippen LogP contribution in [0.4, 0.5) is 11.4 Å². The summed E-state index contributed by atoms with van der Waals surface area (Å²) in [5, 5.41) is 30.6. The van der Waals surface area contributed by atoms with Gasteiger partial charge in [0.1, 0.15) is 13.2 Å². The molecule has 8 rings (SSSR count). The third-order valence-corrected chi connectivity index (χ3v) is 15.6. The summed E-state index contributed by atoms with van der Waals surface area (Å²) in [6.45, 7) is 5.13. The van der Waals surface area contributed by atoms with Crippen LogP contribution < -0.4 is 29.6 Å². The van der Waals surface area contributed by atoms with Gasteiger partial charge >= 0.3 is 0 Å². The van der Waals surface area contributed by atoms with Crippen LogP contribution in [0.25, 0.3) is 10.9 Å². The van der Waals surface area contributed by atoms with Crippen molar-refractivity contribution in [3.8, 4) is 11.5 Å². The molecule has 2 saturated carbocycles. The molecule has 0 spiro atoms. The first-order valence-electron chi connectivity index (χ1n) is 22.4. The van der Waals surface area contributed by atoms with E-state index < -0.39 is 41.3 Å². The smallest absolute Gasteiger partial charge is 0.289 e. The van der Waals surface area contributed by atoms with Gasteiger partial charge in [-0.3, -0.25) is 25.2 Å². The molecule has 0 unspecified atom stereocenters. The lowest BCUT2D eigenvalue weighted by molar-refractivity contribution is -0.388. The van der Waals surface area contributed by atoms with E-state index in [0.29, 0.717) is 38.1 Å². The number of aromatic nitrogens is 1. The largest absolute Gasteiger partial charge is 0.486 e. The highest BCUT2D eigenvalue weighted by molar-refractivity contribution is 7.90. The van der Waals surface area contributed by atoms with E-state index in [2.05, 4.69) is 37.2 Å². The topological polar surface area (TPSA) is 234 Å². The maximum atomic E-state index is 12.6. The third-order valence-electron chi connectivity index (χ3n) is 12.6. The van der Waals surface area contributed by atoms with E-state index in [0.717, 1.165) is 100 Å². The highest BCUT2D eigenvalue weighted by Crippen LogP contribution is 2.33. The molecule has 0 atom stereocenters. The van der Waals surface area contributed by atoms with E-state index in [4.69, 9.17) is 9.47 Å². The summed E-state index contributed by atoms with van der Waals surface area (Å²) >= 11 is 0. The van der Waals surface area contributed by atoms with Crippen molar-refractivity contribution >= 4 is 42.3 Å². The molecule has 5 aromatic rings. The molecule has 66 heavy (non-hydrogen) atoms. The number of nitrogens with one attached hydrogen (secondary N) is 4. The number of rotatable bonds is 18. The molecule has 0 saturated heterocycles. The van der Waals surface area contributed by atoms with Crippen molar-refractivity contribution in [1.82, 2.24) is 25.1 Å².